The van der Waals surface area contributed by atoms with Crippen LogP contribution >= 0.6 is 11.9 Å². The number of rotatable bonds is 3. The zero-order chi connectivity index (χ0) is 14.7. The average molecular weight is 302 g/mol. The number of carbonyl (C=O) groups is 1. The molecule has 1 aliphatic heterocycles. The maximum atomic E-state index is 13.1. The van der Waals surface area contributed by atoms with Crippen molar-refractivity contribution in [1.82, 2.24) is 15.1 Å². The lowest BCUT2D eigenvalue weighted by atomic mass is 10.2. The summed E-state index contributed by atoms with van der Waals surface area (Å²) in [5, 5.41) is 5.00. The van der Waals surface area contributed by atoms with Gasteiger partial charge in [-0.25, -0.2) is 9.37 Å². The lowest BCUT2D eigenvalue weighted by Gasteiger charge is -2.11. The molecule has 21 heavy (non-hydrogen) atoms. The number of benzene rings is 1. The van der Waals surface area contributed by atoms with Crippen molar-refractivity contribution >= 4 is 23.7 Å². The summed E-state index contributed by atoms with van der Waals surface area (Å²) in [5.74, 6) is -0.0955. The zero-order valence-electron chi connectivity index (χ0n) is 10.8. The first-order valence-corrected chi connectivity index (χ1v) is 6.95. The molecule has 3 rings (SSSR count). The van der Waals surface area contributed by atoms with Crippen LogP contribution in [0.3, 0.4) is 0 Å². The van der Waals surface area contributed by atoms with E-state index in [-0.39, 0.29) is 11.5 Å². The van der Waals surface area contributed by atoms with Gasteiger partial charge in [0.1, 0.15) is 16.7 Å². The minimum absolute atomic E-state index is 0.271. The number of nitrogens with zero attached hydrogens (tertiary/aromatic N) is 2. The Kier molecular flexibility index (Phi) is 3.85. The molecule has 0 unspecified atom stereocenters. The van der Waals surface area contributed by atoms with Gasteiger partial charge in [-0.15, -0.1) is 0 Å². The summed E-state index contributed by atoms with van der Waals surface area (Å²) in [6.07, 6.45) is 3.39. The van der Waals surface area contributed by atoms with Crippen LogP contribution in [0.15, 0.2) is 59.9 Å². The summed E-state index contributed by atoms with van der Waals surface area (Å²) in [4.78, 5) is 19.2. The van der Waals surface area contributed by atoms with Crippen LogP contribution in [-0.2, 0) is 0 Å². The van der Waals surface area contributed by atoms with E-state index in [0.29, 0.717) is 10.8 Å². The minimum Gasteiger partial charge on any atom is -0.314 e. The first kappa shape index (κ1) is 13.6. The van der Waals surface area contributed by atoms with Gasteiger partial charge in [-0.2, -0.15) is 4.83 Å². The minimum atomic E-state index is -0.441. The third-order valence-corrected chi connectivity index (χ3v) is 3.44. The number of hydrazine groups is 1. The van der Waals surface area contributed by atoms with Crippen molar-refractivity contribution in [2.24, 2.45) is 0 Å². The summed E-state index contributed by atoms with van der Waals surface area (Å²) >= 11 is 1.24. The van der Waals surface area contributed by atoms with Crippen LogP contribution in [0.1, 0.15) is 10.4 Å². The van der Waals surface area contributed by atoms with Crippen LogP contribution in [0.25, 0.3) is 0 Å². The number of amides is 1. The van der Waals surface area contributed by atoms with Crippen molar-refractivity contribution in [3.8, 4) is 0 Å². The molecular weight excluding hydrogens is 291 g/mol. The summed E-state index contributed by atoms with van der Waals surface area (Å²) in [7, 11) is 0. The van der Waals surface area contributed by atoms with E-state index in [4.69, 9.17) is 0 Å². The lowest BCUT2D eigenvalue weighted by molar-refractivity contribution is 0.0968. The molecule has 0 atom stereocenters. The third kappa shape index (κ3) is 3.21. The van der Waals surface area contributed by atoms with Gasteiger partial charge in [0.05, 0.1) is 6.20 Å². The molecule has 1 aromatic heterocycles. The van der Waals surface area contributed by atoms with Crippen LogP contribution in [0.5, 0.6) is 0 Å². The molecule has 106 valence electrons. The van der Waals surface area contributed by atoms with Crippen molar-refractivity contribution in [2.75, 3.05) is 5.01 Å². The van der Waals surface area contributed by atoms with E-state index < -0.39 is 5.82 Å². The highest BCUT2D eigenvalue weighted by atomic mass is 32.2. The van der Waals surface area contributed by atoms with Crippen LogP contribution < -0.4 is 15.2 Å². The summed E-state index contributed by atoms with van der Waals surface area (Å²) in [6.45, 7) is 0. The molecule has 5 nitrogen and oxygen atoms in total. The second-order valence-electron chi connectivity index (χ2n) is 4.21. The number of anilines is 1. The number of pyridine rings is 1. The first-order valence-electron chi connectivity index (χ1n) is 6.14. The molecule has 0 saturated carbocycles. The molecule has 0 radical (unpaired) electrons. The number of halogens is 1. The van der Waals surface area contributed by atoms with Gasteiger partial charge < -0.3 is 5.32 Å². The fourth-order valence-corrected chi connectivity index (χ4v) is 2.39. The average Bonchev–Trinajstić information content (AvgIpc) is 2.97. The Hall–Kier alpha value is -2.38. The molecule has 7 heteroatoms. The van der Waals surface area contributed by atoms with Gasteiger partial charge in [0, 0.05) is 11.8 Å². The quantitative estimate of drug-likeness (QED) is 0.853. The molecule has 1 aromatic carbocycles. The van der Waals surface area contributed by atoms with Crippen molar-refractivity contribution in [1.29, 1.82) is 0 Å². The largest absolute Gasteiger partial charge is 0.314 e. The maximum absolute atomic E-state index is 13.1. The molecule has 1 aliphatic rings. The molecule has 2 aromatic rings. The number of hydrogen-bond donors (Lipinski definition) is 2. The second kappa shape index (κ2) is 5.94. The molecule has 0 bridgehead atoms. The Balaban J connectivity index is 1.70. The third-order valence-electron chi connectivity index (χ3n) is 2.72. The second-order valence-corrected chi connectivity index (χ2v) is 5.04. The maximum Gasteiger partial charge on any atom is 0.256 e. The van der Waals surface area contributed by atoms with Crippen LogP contribution in [0.2, 0.25) is 0 Å². The van der Waals surface area contributed by atoms with E-state index in [1.54, 1.807) is 23.5 Å². The SMILES string of the molecule is O=C(NC1=CN(c2ccccn2)NS1)c1cccc(F)c1. The van der Waals surface area contributed by atoms with E-state index in [9.17, 15) is 9.18 Å². The lowest BCUT2D eigenvalue weighted by Crippen LogP contribution is -2.23. The Labute approximate surface area is 125 Å². The normalized spacial score (nSPS) is 14.0. The van der Waals surface area contributed by atoms with Crippen molar-refractivity contribution in [3.63, 3.8) is 0 Å². The van der Waals surface area contributed by atoms with Gasteiger partial charge in [0.2, 0.25) is 0 Å². The number of hydrogen-bond acceptors (Lipinski definition) is 5. The zero-order valence-corrected chi connectivity index (χ0v) is 11.6. The molecule has 0 aliphatic carbocycles. The predicted molar refractivity (Wildman–Crippen MR) is 79.4 cm³/mol. The van der Waals surface area contributed by atoms with Gasteiger partial charge in [0.15, 0.2) is 0 Å². The highest BCUT2D eigenvalue weighted by Gasteiger charge is 2.17. The fourth-order valence-electron chi connectivity index (χ4n) is 1.75. The highest BCUT2D eigenvalue weighted by molar-refractivity contribution is 8.01. The molecule has 1 amide bonds. The monoisotopic (exact) mass is 302 g/mol. The number of nitrogens with one attached hydrogen (secondary N) is 2. The summed E-state index contributed by atoms with van der Waals surface area (Å²) < 4.78 is 13.1. The molecule has 0 fully saturated rings. The summed E-state index contributed by atoms with van der Waals surface area (Å²) in [5.41, 5.74) is 0.271. The van der Waals surface area contributed by atoms with Gasteiger partial charge in [-0.05, 0) is 42.3 Å². The van der Waals surface area contributed by atoms with E-state index >= 15 is 0 Å². The van der Waals surface area contributed by atoms with Crippen molar-refractivity contribution < 1.29 is 9.18 Å². The Bertz CT molecular complexity index is 692. The predicted octanol–water partition coefficient (Wildman–Crippen LogP) is 2.42. The Morgan fingerprint density at radius 2 is 2.19 bits per heavy atom. The summed E-state index contributed by atoms with van der Waals surface area (Å²) in [6, 6.07) is 11.1. The van der Waals surface area contributed by atoms with Gasteiger partial charge in [-0.1, -0.05) is 12.1 Å². The standard InChI is InChI=1S/C14H11FN4OS/c15-11-5-3-4-10(8-11)14(20)17-13-9-19(18-21-13)12-6-1-2-7-16-12/h1-9,18H,(H,17,20). The van der Waals surface area contributed by atoms with E-state index in [1.165, 1.54) is 30.1 Å². The number of aromatic nitrogens is 1. The smallest absolute Gasteiger partial charge is 0.256 e. The van der Waals surface area contributed by atoms with Crippen molar-refractivity contribution in [3.05, 3.63) is 71.3 Å². The topological polar surface area (TPSA) is 57.3 Å². The van der Waals surface area contributed by atoms with Gasteiger partial charge >= 0.3 is 0 Å². The van der Waals surface area contributed by atoms with Crippen LogP contribution in [-0.4, -0.2) is 10.9 Å². The van der Waals surface area contributed by atoms with Crippen LogP contribution in [0, 0.1) is 5.82 Å². The molecule has 2 heterocycles. The van der Waals surface area contributed by atoms with Gasteiger partial charge in [0.25, 0.3) is 5.91 Å². The fraction of sp³-hybridized carbons (Fsp3) is 0. The van der Waals surface area contributed by atoms with Gasteiger partial charge in [-0.3, -0.25) is 9.80 Å². The van der Waals surface area contributed by atoms with Crippen molar-refractivity contribution in [2.45, 2.75) is 0 Å². The first-order chi connectivity index (χ1) is 10.2. The number of carbonyl (C=O) groups excluding carboxylic acids is 1. The highest BCUT2D eigenvalue weighted by Crippen LogP contribution is 2.22. The molecule has 0 spiro atoms. The van der Waals surface area contributed by atoms with Crippen LogP contribution in [0.4, 0.5) is 10.2 Å². The Morgan fingerprint density at radius 1 is 1.29 bits per heavy atom. The van der Waals surface area contributed by atoms with E-state index in [1.807, 2.05) is 18.2 Å². The molecule has 2 N–H and O–H groups in total. The Morgan fingerprint density at radius 3 is 2.95 bits per heavy atom. The molecule has 0 saturated heterocycles. The van der Waals surface area contributed by atoms with E-state index in [2.05, 4.69) is 15.1 Å². The molecular formula is C14H11FN4OS. The van der Waals surface area contributed by atoms with E-state index in [0.717, 1.165) is 0 Å².